The minimum atomic E-state index is -4.36. The van der Waals surface area contributed by atoms with Gasteiger partial charge in [-0.2, -0.15) is 12.7 Å². The number of rotatable bonds is 10. The number of hydrogen-bond acceptors (Lipinski definition) is 10. The molecule has 46 heavy (non-hydrogen) atoms. The molecule has 0 fully saturated rings. The Morgan fingerprint density at radius 1 is 1.17 bits per heavy atom. The number of benzene rings is 2. The number of amides is 2. The molecule has 0 saturated carbocycles. The average molecular weight is 698 g/mol. The zero-order valence-electron chi connectivity index (χ0n) is 23.9. The number of fused-ring (bicyclic) bond motifs is 1. The fourth-order valence-electron chi connectivity index (χ4n) is 3.98. The number of nitrogens with zero attached hydrogens (tertiary/aromatic N) is 2. The maximum Gasteiger partial charge on any atom is 0.333 e. The number of carboxylic acid groups (broad SMARTS) is 1. The smallest absolute Gasteiger partial charge is 0.333 e. The average Bonchev–Trinajstić information content (AvgIpc) is 3.43. The van der Waals surface area contributed by atoms with Crippen molar-refractivity contribution in [2.75, 3.05) is 23.2 Å². The van der Waals surface area contributed by atoms with Crippen LogP contribution >= 0.6 is 22.9 Å². The second-order valence-electron chi connectivity index (χ2n) is 9.31. The first-order valence-electron chi connectivity index (χ1n) is 13.0. The lowest BCUT2D eigenvalue weighted by molar-refractivity contribution is -0.138. The lowest BCUT2D eigenvalue weighted by Gasteiger charge is -2.19. The normalized spacial score (nSPS) is 11.7. The number of halogens is 2. The molecule has 20 heteroatoms. The van der Waals surface area contributed by atoms with Crippen LogP contribution in [-0.4, -0.2) is 60.7 Å². The van der Waals surface area contributed by atoms with Gasteiger partial charge in [0, 0.05) is 13.6 Å². The first-order valence-corrected chi connectivity index (χ1v) is 15.6. The second kappa shape index (κ2) is 14.9. The highest BCUT2D eigenvalue weighted by Crippen LogP contribution is 2.31. The van der Waals surface area contributed by atoms with Crippen LogP contribution in [0.1, 0.15) is 12.8 Å². The van der Waals surface area contributed by atoms with E-state index in [0.29, 0.717) is 23.7 Å². The van der Waals surface area contributed by atoms with Crippen molar-refractivity contribution in [2.24, 2.45) is 17.2 Å². The van der Waals surface area contributed by atoms with Crippen LogP contribution in [0.15, 0.2) is 62.3 Å². The van der Waals surface area contributed by atoms with E-state index >= 15 is 0 Å². The van der Waals surface area contributed by atoms with E-state index in [1.165, 1.54) is 49.5 Å². The summed E-state index contributed by atoms with van der Waals surface area (Å²) >= 11 is 6.56. The number of nitrogens with two attached hydrogens (primary N) is 3. The topological polar surface area (TPSA) is 273 Å². The van der Waals surface area contributed by atoms with Crippen LogP contribution in [0.25, 0.3) is 16.6 Å². The highest BCUT2D eigenvalue weighted by atomic mass is 35.5. The van der Waals surface area contributed by atoms with Gasteiger partial charge in [-0.25, -0.2) is 18.5 Å². The van der Waals surface area contributed by atoms with E-state index in [9.17, 15) is 32.0 Å². The second-order valence-corrected chi connectivity index (χ2v) is 13.0. The van der Waals surface area contributed by atoms with Gasteiger partial charge in [0.25, 0.3) is 15.6 Å². The number of guanidine groups is 1. The highest BCUT2D eigenvalue weighted by molar-refractivity contribution is 7.95. The molecule has 2 heterocycles. The van der Waals surface area contributed by atoms with Gasteiger partial charge in [0.1, 0.15) is 16.1 Å². The summed E-state index contributed by atoms with van der Waals surface area (Å²) in [6.07, 6.45) is 0.975. The van der Waals surface area contributed by atoms with Crippen molar-refractivity contribution >= 4 is 73.2 Å². The van der Waals surface area contributed by atoms with Gasteiger partial charge in [-0.1, -0.05) is 11.6 Å². The maximum atomic E-state index is 14.2. The zero-order chi connectivity index (χ0) is 34.3. The number of aliphatic carboxylic acids is 1. The Kier molecular flexibility index (Phi) is 11.5. The Labute approximate surface area is 269 Å². The fraction of sp³-hybridized carbons (Fsp3) is 0.192. The first kappa shape index (κ1) is 35.5. The molecule has 0 aliphatic rings. The third-order valence-corrected chi connectivity index (χ3v) is 9.59. The number of nitrogens with one attached hydrogen (secondary N) is 4. The number of carboxylic acids is 1. The largest absolute Gasteiger partial charge is 0.480 e. The Hall–Kier alpha value is -4.98. The third-order valence-electron chi connectivity index (χ3n) is 6.17. The number of thiophene rings is 1. The number of anilines is 2. The van der Waals surface area contributed by atoms with E-state index in [-0.39, 0.29) is 42.5 Å². The molecule has 11 N–H and O–H groups in total. The summed E-state index contributed by atoms with van der Waals surface area (Å²) in [5, 5.41) is 20.3. The molecule has 4 aromatic rings. The standard InChI is InChI=1S/C20H15ClFN5O5S2.C6H14N4O2/c1-24-15-9-14-12(8-13(15)22)18(28)26(20(30)25-14)10-2-4-11(5-3-10)27(19(23)29)34(31,32)17-7-6-16(21)33-17;7-4(5(11)12)2-1-3-10-6(8)9/h2-9,24H,1H3,(H2,23,29)(H,25,30);4H,1-3,7H2,(H,11,12)(H4,8,9,10)/t;4-/m.0/s1. The summed E-state index contributed by atoms with van der Waals surface area (Å²) in [6, 6.07) is 7.72. The Balaban J connectivity index is 0.000000409. The molecule has 0 aliphatic carbocycles. The number of urea groups is 1. The Morgan fingerprint density at radius 3 is 2.35 bits per heavy atom. The van der Waals surface area contributed by atoms with E-state index in [1.54, 1.807) is 0 Å². The van der Waals surface area contributed by atoms with Crippen molar-refractivity contribution in [1.82, 2.24) is 14.9 Å². The van der Waals surface area contributed by atoms with Gasteiger partial charge in [0.15, 0.2) is 5.96 Å². The molecule has 2 aromatic heterocycles. The molecular weight excluding hydrogens is 669 g/mol. The SMILES string of the molecule is CNc1cc2[nH]c(=O)n(-c3ccc(N(C(N)=O)S(=O)(=O)c4ccc(Cl)s4)cc3)c(=O)c2cc1F.N=C(N)NCCC[C@H](N)C(=O)O. The third kappa shape index (κ3) is 8.18. The summed E-state index contributed by atoms with van der Waals surface area (Å²) in [6.45, 7) is 0.482. The van der Waals surface area contributed by atoms with Crippen molar-refractivity contribution in [1.29, 1.82) is 5.41 Å². The van der Waals surface area contributed by atoms with Gasteiger partial charge in [-0.05, 0) is 61.4 Å². The monoisotopic (exact) mass is 697 g/mol. The van der Waals surface area contributed by atoms with Crippen LogP contribution in [0, 0.1) is 11.2 Å². The molecule has 0 radical (unpaired) electrons. The molecule has 2 amide bonds. The predicted octanol–water partition coefficient (Wildman–Crippen LogP) is 1.51. The van der Waals surface area contributed by atoms with Crippen LogP contribution < -0.4 is 43.4 Å². The van der Waals surface area contributed by atoms with Crippen LogP contribution in [0.2, 0.25) is 4.34 Å². The molecule has 4 rings (SSSR count). The van der Waals surface area contributed by atoms with E-state index in [0.717, 1.165) is 22.0 Å². The van der Waals surface area contributed by atoms with E-state index in [2.05, 4.69) is 15.6 Å². The molecular formula is C26H29ClFN9O7S2. The minimum absolute atomic E-state index is 0.0518. The van der Waals surface area contributed by atoms with Crippen molar-refractivity contribution in [2.45, 2.75) is 23.1 Å². The summed E-state index contributed by atoms with van der Waals surface area (Å²) < 4.78 is 41.1. The molecule has 246 valence electrons. The van der Waals surface area contributed by atoms with Gasteiger partial charge >= 0.3 is 17.7 Å². The number of hydrogen-bond donors (Lipinski definition) is 8. The molecule has 0 aliphatic heterocycles. The minimum Gasteiger partial charge on any atom is -0.480 e. The lowest BCUT2D eigenvalue weighted by atomic mass is 10.2. The van der Waals surface area contributed by atoms with Gasteiger partial charge in [0.05, 0.1) is 32.3 Å². The number of carbonyl (C=O) groups excluding carboxylic acids is 1. The molecule has 1 atom stereocenters. The summed E-state index contributed by atoms with van der Waals surface area (Å²) in [4.78, 5) is 50.3. The number of aromatic nitrogens is 2. The summed E-state index contributed by atoms with van der Waals surface area (Å²) in [5.74, 6) is -1.80. The fourth-order valence-corrected chi connectivity index (χ4v) is 6.86. The van der Waals surface area contributed by atoms with Gasteiger partial charge in [-0.15, -0.1) is 11.3 Å². The van der Waals surface area contributed by atoms with Gasteiger partial charge in [0.2, 0.25) is 0 Å². The number of sulfonamides is 1. The van der Waals surface area contributed by atoms with Gasteiger partial charge in [-0.3, -0.25) is 15.0 Å². The van der Waals surface area contributed by atoms with Crippen LogP contribution in [-0.2, 0) is 14.8 Å². The zero-order valence-corrected chi connectivity index (χ0v) is 26.3. The first-order chi connectivity index (χ1) is 21.6. The van der Waals surface area contributed by atoms with Crippen LogP contribution in [0.5, 0.6) is 0 Å². The van der Waals surface area contributed by atoms with E-state index < -0.39 is 45.1 Å². The van der Waals surface area contributed by atoms with Crippen molar-refractivity contribution < 1.29 is 27.5 Å². The number of H-pyrrole nitrogens is 1. The Morgan fingerprint density at radius 2 is 1.83 bits per heavy atom. The number of aromatic amines is 1. The van der Waals surface area contributed by atoms with Crippen LogP contribution in [0.3, 0.4) is 0 Å². The lowest BCUT2D eigenvalue weighted by Crippen LogP contribution is -2.40. The van der Waals surface area contributed by atoms with Crippen molar-refractivity contribution in [3.63, 3.8) is 0 Å². The molecule has 0 bridgehead atoms. The molecule has 16 nitrogen and oxygen atoms in total. The highest BCUT2D eigenvalue weighted by Gasteiger charge is 2.31. The quantitative estimate of drug-likeness (QED) is 0.0668. The maximum absolute atomic E-state index is 14.2. The van der Waals surface area contributed by atoms with Crippen molar-refractivity contribution in [3.05, 3.63) is 79.5 Å². The number of carbonyl (C=O) groups is 2. The molecule has 0 saturated heterocycles. The molecule has 0 unspecified atom stereocenters. The van der Waals surface area contributed by atoms with E-state index in [1.807, 2.05) is 0 Å². The van der Waals surface area contributed by atoms with E-state index in [4.69, 9.17) is 39.3 Å². The summed E-state index contributed by atoms with van der Waals surface area (Å²) in [5.41, 5.74) is 14.1. The predicted molar refractivity (Wildman–Crippen MR) is 173 cm³/mol. The molecule has 0 spiro atoms. The molecule has 2 aromatic carbocycles. The summed E-state index contributed by atoms with van der Waals surface area (Å²) in [7, 11) is -2.86. The number of primary amides is 1. The van der Waals surface area contributed by atoms with Crippen molar-refractivity contribution in [3.8, 4) is 5.69 Å². The Bertz CT molecular complexity index is 2000. The van der Waals surface area contributed by atoms with Crippen LogP contribution in [0.4, 0.5) is 20.6 Å². The van der Waals surface area contributed by atoms with Gasteiger partial charge < -0.3 is 37.9 Å².